The summed E-state index contributed by atoms with van der Waals surface area (Å²) in [6.45, 7) is 6.40. The number of amides is 2. The van der Waals surface area contributed by atoms with Gasteiger partial charge in [0, 0.05) is 52.6 Å². The molecule has 0 bridgehead atoms. The summed E-state index contributed by atoms with van der Waals surface area (Å²) in [5, 5.41) is 0. The zero-order valence-corrected chi connectivity index (χ0v) is 14.7. The van der Waals surface area contributed by atoms with Gasteiger partial charge in [0.15, 0.2) is 0 Å². The fourth-order valence-corrected chi connectivity index (χ4v) is 3.28. The van der Waals surface area contributed by atoms with Crippen molar-refractivity contribution in [2.24, 2.45) is 0 Å². The number of hydrogen-bond acceptors (Lipinski definition) is 3. The minimum absolute atomic E-state index is 0.0765. The molecule has 5 nitrogen and oxygen atoms in total. The molecule has 0 unspecified atom stereocenters. The quantitative estimate of drug-likeness (QED) is 0.702. The van der Waals surface area contributed by atoms with Crippen molar-refractivity contribution in [3.63, 3.8) is 0 Å². The summed E-state index contributed by atoms with van der Waals surface area (Å²) in [7, 11) is 2.08. The largest absolute Gasteiger partial charge is 0.342 e. The van der Waals surface area contributed by atoms with Crippen molar-refractivity contribution >= 4 is 11.8 Å². The number of nitrogens with zero attached hydrogens (tertiary/aromatic N) is 3. The second-order valence-electron chi connectivity index (χ2n) is 6.80. The first kappa shape index (κ1) is 18.0. The van der Waals surface area contributed by atoms with Crippen LogP contribution in [-0.4, -0.2) is 72.8 Å². The monoisotopic (exact) mass is 321 g/mol. The number of hydrogen-bond donors (Lipinski definition) is 0. The van der Waals surface area contributed by atoms with E-state index in [2.05, 4.69) is 18.0 Å². The second-order valence-corrected chi connectivity index (χ2v) is 6.80. The van der Waals surface area contributed by atoms with Crippen molar-refractivity contribution in [1.82, 2.24) is 14.7 Å². The minimum Gasteiger partial charge on any atom is -0.342 e. The summed E-state index contributed by atoms with van der Waals surface area (Å²) in [6.07, 6.45) is 8.65. The molecule has 0 saturated carbocycles. The van der Waals surface area contributed by atoms with Gasteiger partial charge < -0.3 is 14.7 Å². The van der Waals surface area contributed by atoms with E-state index in [0.29, 0.717) is 13.0 Å². The highest BCUT2D eigenvalue weighted by Gasteiger charge is 2.20. The molecule has 1 fully saturated rings. The first-order valence-corrected chi connectivity index (χ1v) is 8.96. The maximum absolute atomic E-state index is 12.3. The lowest BCUT2D eigenvalue weighted by Crippen LogP contribution is -2.47. The van der Waals surface area contributed by atoms with Crippen LogP contribution in [0.5, 0.6) is 0 Å². The fraction of sp³-hybridized carbons (Fsp3) is 0.778. The molecular formula is C18H31N3O2. The van der Waals surface area contributed by atoms with E-state index in [1.54, 1.807) is 6.92 Å². The third-order valence-electron chi connectivity index (χ3n) is 4.98. The van der Waals surface area contributed by atoms with Crippen molar-refractivity contribution in [3.8, 4) is 0 Å². The molecule has 1 saturated heterocycles. The Kier molecular flexibility index (Phi) is 7.09. The van der Waals surface area contributed by atoms with Gasteiger partial charge >= 0.3 is 0 Å². The van der Waals surface area contributed by atoms with Gasteiger partial charge in [0.05, 0.1) is 0 Å². The SMILES string of the molecule is CC(=O)N(CCC(=O)N1CCN(C)CC1)CCC1=CCCCC1. The lowest BCUT2D eigenvalue weighted by Gasteiger charge is -2.33. The van der Waals surface area contributed by atoms with Crippen LogP contribution in [0.3, 0.4) is 0 Å². The first-order valence-electron chi connectivity index (χ1n) is 8.96. The van der Waals surface area contributed by atoms with Gasteiger partial charge in [-0.2, -0.15) is 0 Å². The lowest BCUT2D eigenvalue weighted by molar-refractivity contribution is -0.134. The Morgan fingerprint density at radius 1 is 1.13 bits per heavy atom. The molecular weight excluding hydrogens is 290 g/mol. The van der Waals surface area contributed by atoms with E-state index < -0.39 is 0 Å². The molecule has 2 rings (SSSR count). The molecule has 1 aliphatic carbocycles. The molecule has 0 atom stereocenters. The number of carbonyl (C=O) groups is 2. The third-order valence-corrected chi connectivity index (χ3v) is 4.98. The van der Waals surface area contributed by atoms with Crippen molar-refractivity contribution < 1.29 is 9.59 Å². The molecule has 23 heavy (non-hydrogen) atoms. The van der Waals surface area contributed by atoms with Crippen LogP contribution in [-0.2, 0) is 9.59 Å². The molecule has 0 radical (unpaired) electrons. The summed E-state index contributed by atoms with van der Waals surface area (Å²) >= 11 is 0. The topological polar surface area (TPSA) is 43.9 Å². The molecule has 2 aliphatic rings. The van der Waals surface area contributed by atoms with E-state index >= 15 is 0 Å². The molecule has 1 aliphatic heterocycles. The molecule has 0 N–H and O–H groups in total. The van der Waals surface area contributed by atoms with Crippen molar-refractivity contribution in [2.45, 2.75) is 45.4 Å². The highest BCUT2D eigenvalue weighted by atomic mass is 16.2. The van der Waals surface area contributed by atoms with E-state index in [-0.39, 0.29) is 11.8 Å². The molecule has 2 amide bonds. The zero-order valence-electron chi connectivity index (χ0n) is 14.7. The number of rotatable bonds is 6. The summed E-state index contributed by atoms with van der Waals surface area (Å²) < 4.78 is 0. The van der Waals surface area contributed by atoms with Gasteiger partial charge in [0.2, 0.25) is 11.8 Å². The maximum Gasteiger partial charge on any atom is 0.224 e. The van der Waals surface area contributed by atoms with E-state index in [0.717, 1.165) is 39.1 Å². The molecule has 130 valence electrons. The summed E-state index contributed by atoms with van der Waals surface area (Å²) in [4.78, 5) is 30.1. The van der Waals surface area contributed by atoms with Gasteiger partial charge in [-0.1, -0.05) is 11.6 Å². The van der Waals surface area contributed by atoms with Crippen LogP contribution in [0, 0.1) is 0 Å². The molecule has 5 heteroatoms. The number of carbonyl (C=O) groups excluding carboxylic acids is 2. The second kappa shape index (κ2) is 9.06. The van der Waals surface area contributed by atoms with Crippen LogP contribution >= 0.6 is 0 Å². The van der Waals surface area contributed by atoms with Crippen LogP contribution in [0.25, 0.3) is 0 Å². The normalized spacial score (nSPS) is 19.4. The zero-order chi connectivity index (χ0) is 16.7. The van der Waals surface area contributed by atoms with Crippen molar-refractivity contribution in [3.05, 3.63) is 11.6 Å². The molecule has 0 aromatic carbocycles. The van der Waals surface area contributed by atoms with Gasteiger partial charge in [0.25, 0.3) is 0 Å². The van der Waals surface area contributed by atoms with Crippen molar-refractivity contribution in [1.29, 1.82) is 0 Å². The highest BCUT2D eigenvalue weighted by Crippen LogP contribution is 2.20. The van der Waals surface area contributed by atoms with Crippen LogP contribution < -0.4 is 0 Å². The first-order chi connectivity index (χ1) is 11.1. The molecule has 0 aromatic rings. The minimum atomic E-state index is 0.0765. The Morgan fingerprint density at radius 3 is 2.48 bits per heavy atom. The van der Waals surface area contributed by atoms with Crippen LogP contribution in [0.2, 0.25) is 0 Å². The predicted octanol–water partition coefficient (Wildman–Crippen LogP) is 1.89. The van der Waals surface area contributed by atoms with Gasteiger partial charge in [-0.3, -0.25) is 9.59 Å². The number of likely N-dealkylation sites (N-methyl/N-ethyl adjacent to an activating group) is 1. The standard InChI is InChI=1S/C18H31N3O2/c1-16(22)20(10-8-17-6-4-3-5-7-17)11-9-18(23)21-14-12-19(2)13-15-21/h6H,3-5,7-15H2,1-2H3. The van der Waals surface area contributed by atoms with Gasteiger partial charge in [-0.15, -0.1) is 0 Å². The lowest BCUT2D eigenvalue weighted by atomic mass is 9.97. The number of piperazine rings is 1. The van der Waals surface area contributed by atoms with Gasteiger partial charge in [0.1, 0.15) is 0 Å². The average Bonchev–Trinajstić information content (AvgIpc) is 2.56. The molecule has 0 aromatic heterocycles. The Labute approximate surface area is 140 Å². The van der Waals surface area contributed by atoms with Crippen LogP contribution in [0.15, 0.2) is 11.6 Å². The average molecular weight is 321 g/mol. The highest BCUT2D eigenvalue weighted by molar-refractivity contribution is 5.78. The molecule has 1 heterocycles. The van der Waals surface area contributed by atoms with Gasteiger partial charge in [-0.05, 0) is 39.2 Å². The van der Waals surface area contributed by atoms with Crippen LogP contribution in [0.1, 0.15) is 45.4 Å². The third kappa shape index (κ3) is 5.98. The smallest absolute Gasteiger partial charge is 0.224 e. The maximum atomic E-state index is 12.3. The Hall–Kier alpha value is -1.36. The van der Waals surface area contributed by atoms with Crippen molar-refractivity contribution in [2.75, 3.05) is 46.3 Å². The van der Waals surface area contributed by atoms with Gasteiger partial charge in [-0.25, -0.2) is 0 Å². The fourth-order valence-electron chi connectivity index (χ4n) is 3.28. The summed E-state index contributed by atoms with van der Waals surface area (Å²) in [5.74, 6) is 0.258. The Bertz CT molecular complexity index is 440. The predicted molar refractivity (Wildman–Crippen MR) is 92.1 cm³/mol. The molecule has 0 spiro atoms. The summed E-state index contributed by atoms with van der Waals surface area (Å²) in [6, 6.07) is 0. The Morgan fingerprint density at radius 2 is 1.87 bits per heavy atom. The summed E-state index contributed by atoms with van der Waals surface area (Å²) in [5.41, 5.74) is 1.48. The van der Waals surface area contributed by atoms with E-state index in [1.165, 1.54) is 31.3 Å². The van der Waals surface area contributed by atoms with E-state index in [9.17, 15) is 9.59 Å². The van der Waals surface area contributed by atoms with E-state index in [1.807, 2.05) is 9.80 Å². The van der Waals surface area contributed by atoms with Crippen LogP contribution in [0.4, 0.5) is 0 Å². The van der Waals surface area contributed by atoms with E-state index in [4.69, 9.17) is 0 Å². The Balaban J connectivity index is 1.74. The number of allylic oxidation sites excluding steroid dienone is 1.